The molecular formula is C22H13Cl2N3O4S. The van der Waals surface area contributed by atoms with Gasteiger partial charge in [-0.25, -0.2) is 0 Å². The number of nitrogens with zero attached hydrogens (tertiary/aromatic N) is 3. The lowest BCUT2D eigenvalue weighted by molar-refractivity contribution is -0.117. The van der Waals surface area contributed by atoms with E-state index in [4.69, 9.17) is 27.6 Å². The Hall–Kier alpha value is -3.20. The average molecular weight is 486 g/mol. The maximum atomic E-state index is 13.5. The number of fused-ring (bicyclic) bond motifs is 1. The second-order valence-electron chi connectivity index (χ2n) is 7.09. The molecule has 0 fully saturated rings. The van der Waals surface area contributed by atoms with Gasteiger partial charge < -0.3 is 9.52 Å². The first-order chi connectivity index (χ1) is 15.3. The molecule has 1 atom stereocenters. The van der Waals surface area contributed by atoms with E-state index in [1.54, 1.807) is 49.4 Å². The molecule has 7 nitrogen and oxygen atoms in total. The second kappa shape index (κ2) is 7.74. The van der Waals surface area contributed by atoms with E-state index in [1.165, 1.54) is 4.90 Å². The van der Waals surface area contributed by atoms with E-state index >= 15 is 0 Å². The fourth-order valence-corrected chi connectivity index (χ4v) is 4.66. The van der Waals surface area contributed by atoms with Gasteiger partial charge in [0.05, 0.1) is 21.7 Å². The van der Waals surface area contributed by atoms with Crippen LogP contribution in [-0.2, 0) is 4.79 Å². The lowest BCUT2D eigenvalue weighted by atomic mass is 9.95. The van der Waals surface area contributed by atoms with E-state index in [0.717, 1.165) is 16.7 Å². The Morgan fingerprint density at radius 1 is 1.12 bits per heavy atom. The van der Waals surface area contributed by atoms with Gasteiger partial charge in [0.15, 0.2) is 11.5 Å². The van der Waals surface area contributed by atoms with Crippen LogP contribution in [-0.4, -0.2) is 27.0 Å². The minimum absolute atomic E-state index is 0.000838. The molecule has 0 unspecified atom stereocenters. The normalized spacial score (nSPS) is 16.4. The standard InChI is InChI=1S/C22H13Cl2N3O4S/c1-10-25-26-22(32-10)27-18(12-6-7-13(23)14(24)8-12)17(20(29)21(27)30)19(28)16-9-11-4-2-3-5-15(11)31-16/h2-9,18,29H,1H3/t18-/m1/s1. The van der Waals surface area contributed by atoms with E-state index in [9.17, 15) is 14.7 Å². The van der Waals surface area contributed by atoms with Crippen molar-refractivity contribution in [3.05, 3.63) is 86.2 Å². The third-order valence-electron chi connectivity index (χ3n) is 5.08. The zero-order valence-corrected chi connectivity index (χ0v) is 18.7. The monoisotopic (exact) mass is 485 g/mol. The lowest BCUT2D eigenvalue weighted by Gasteiger charge is -2.24. The van der Waals surface area contributed by atoms with Crippen molar-refractivity contribution < 1.29 is 19.1 Å². The van der Waals surface area contributed by atoms with Crippen molar-refractivity contribution in [3.63, 3.8) is 0 Å². The Morgan fingerprint density at radius 2 is 1.91 bits per heavy atom. The van der Waals surface area contributed by atoms with Crippen molar-refractivity contribution in [2.24, 2.45) is 0 Å². The number of aryl methyl sites for hydroxylation is 1. The summed E-state index contributed by atoms with van der Waals surface area (Å²) < 4.78 is 5.70. The SMILES string of the molecule is Cc1nnc(N2C(=O)C(O)=C(C(=O)c3cc4ccccc4o3)[C@H]2c2ccc(Cl)c(Cl)c2)s1. The van der Waals surface area contributed by atoms with Crippen LogP contribution in [0.1, 0.15) is 27.2 Å². The van der Waals surface area contributed by atoms with Crippen molar-refractivity contribution in [1.82, 2.24) is 10.2 Å². The topological polar surface area (TPSA) is 96.5 Å². The summed E-state index contributed by atoms with van der Waals surface area (Å²) >= 11 is 13.4. The van der Waals surface area contributed by atoms with Gasteiger partial charge in [0.2, 0.25) is 10.9 Å². The number of anilines is 1. The van der Waals surface area contributed by atoms with Crippen LogP contribution >= 0.6 is 34.5 Å². The number of aliphatic hydroxyl groups excluding tert-OH is 1. The van der Waals surface area contributed by atoms with Crippen molar-refractivity contribution in [3.8, 4) is 0 Å². The van der Waals surface area contributed by atoms with E-state index in [0.29, 0.717) is 21.2 Å². The molecule has 4 aromatic rings. The molecular weight excluding hydrogens is 473 g/mol. The third kappa shape index (κ3) is 3.28. The summed E-state index contributed by atoms with van der Waals surface area (Å²) in [6.07, 6.45) is 0. The maximum absolute atomic E-state index is 13.5. The predicted molar refractivity (Wildman–Crippen MR) is 122 cm³/mol. The number of para-hydroxylation sites is 1. The average Bonchev–Trinajstić information content (AvgIpc) is 3.46. The van der Waals surface area contributed by atoms with Gasteiger partial charge >= 0.3 is 0 Å². The molecule has 160 valence electrons. The number of aromatic nitrogens is 2. The molecule has 1 amide bonds. The minimum atomic E-state index is -0.995. The van der Waals surface area contributed by atoms with Crippen LogP contribution in [0.25, 0.3) is 11.0 Å². The molecule has 5 rings (SSSR count). The third-order valence-corrected chi connectivity index (χ3v) is 6.66. The Morgan fingerprint density at radius 3 is 2.59 bits per heavy atom. The van der Waals surface area contributed by atoms with E-state index < -0.39 is 23.5 Å². The van der Waals surface area contributed by atoms with Gasteiger partial charge in [-0.2, -0.15) is 0 Å². The number of ketones is 1. The fourth-order valence-electron chi connectivity index (χ4n) is 3.64. The number of amides is 1. The predicted octanol–water partition coefficient (Wildman–Crippen LogP) is 5.68. The van der Waals surface area contributed by atoms with E-state index in [-0.39, 0.29) is 21.5 Å². The van der Waals surface area contributed by atoms with E-state index in [2.05, 4.69) is 10.2 Å². The molecule has 0 saturated carbocycles. The van der Waals surface area contributed by atoms with Gasteiger partial charge in [-0.15, -0.1) is 10.2 Å². The Labute approximate surface area is 195 Å². The summed E-state index contributed by atoms with van der Waals surface area (Å²) in [4.78, 5) is 27.8. The minimum Gasteiger partial charge on any atom is -0.503 e. The number of furan rings is 1. The largest absolute Gasteiger partial charge is 0.503 e. The fraction of sp³-hybridized carbons (Fsp3) is 0.0909. The highest BCUT2D eigenvalue weighted by atomic mass is 35.5. The van der Waals surface area contributed by atoms with Crippen molar-refractivity contribution >= 4 is 62.3 Å². The molecule has 32 heavy (non-hydrogen) atoms. The lowest BCUT2D eigenvalue weighted by Crippen LogP contribution is -2.31. The number of hydrogen-bond acceptors (Lipinski definition) is 7. The van der Waals surface area contributed by atoms with Gasteiger partial charge in [0.1, 0.15) is 10.6 Å². The van der Waals surface area contributed by atoms with Crippen molar-refractivity contribution in [2.75, 3.05) is 4.90 Å². The first-order valence-corrected chi connectivity index (χ1v) is 11.0. The highest BCUT2D eigenvalue weighted by Gasteiger charge is 2.46. The molecule has 0 aliphatic carbocycles. The molecule has 1 N–H and O–H groups in total. The number of aliphatic hydroxyl groups is 1. The summed E-state index contributed by atoms with van der Waals surface area (Å²) in [5.41, 5.74) is 0.854. The summed E-state index contributed by atoms with van der Waals surface area (Å²) in [5.74, 6) is -2.07. The molecule has 3 heterocycles. The number of carbonyl (C=O) groups is 2. The van der Waals surface area contributed by atoms with Gasteiger partial charge in [-0.3, -0.25) is 14.5 Å². The number of Topliss-reactive ketones (excluding diaryl/α,β-unsaturated/α-hetero) is 1. The molecule has 10 heteroatoms. The van der Waals surface area contributed by atoms with Crippen LogP contribution in [0.3, 0.4) is 0 Å². The molecule has 0 radical (unpaired) electrons. The van der Waals surface area contributed by atoms with E-state index in [1.807, 2.05) is 6.07 Å². The molecule has 0 saturated heterocycles. The molecule has 0 spiro atoms. The first-order valence-electron chi connectivity index (χ1n) is 9.40. The number of hydrogen-bond donors (Lipinski definition) is 1. The van der Waals surface area contributed by atoms with Crippen LogP contribution in [0, 0.1) is 6.92 Å². The summed E-state index contributed by atoms with van der Waals surface area (Å²) in [6.45, 7) is 1.74. The van der Waals surface area contributed by atoms with Crippen LogP contribution in [0.2, 0.25) is 10.0 Å². The van der Waals surface area contributed by atoms with Crippen LogP contribution in [0.15, 0.2) is 64.3 Å². The Bertz CT molecular complexity index is 1410. The smallest absolute Gasteiger partial charge is 0.296 e. The van der Waals surface area contributed by atoms with Gasteiger partial charge in [-0.1, -0.05) is 58.8 Å². The van der Waals surface area contributed by atoms with Crippen molar-refractivity contribution in [2.45, 2.75) is 13.0 Å². The molecule has 1 aliphatic heterocycles. The maximum Gasteiger partial charge on any atom is 0.296 e. The highest BCUT2D eigenvalue weighted by molar-refractivity contribution is 7.15. The summed E-state index contributed by atoms with van der Waals surface area (Å²) in [5, 5.41) is 20.9. The van der Waals surface area contributed by atoms with Crippen LogP contribution in [0.5, 0.6) is 0 Å². The molecule has 1 aliphatic rings. The number of halogens is 2. The van der Waals surface area contributed by atoms with Gasteiger partial charge in [0, 0.05) is 5.39 Å². The first kappa shape index (κ1) is 20.7. The molecule has 2 aromatic heterocycles. The molecule has 2 aromatic carbocycles. The highest BCUT2D eigenvalue weighted by Crippen LogP contribution is 2.44. The Balaban J connectivity index is 1.68. The zero-order valence-electron chi connectivity index (χ0n) is 16.4. The zero-order chi connectivity index (χ0) is 22.6. The quantitative estimate of drug-likeness (QED) is 0.373. The number of benzene rings is 2. The summed E-state index contributed by atoms with van der Waals surface area (Å²) in [6, 6.07) is 12.5. The number of carbonyl (C=O) groups excluding carboxylic acids is 2. The molecule has 0 bridgehead atoms. The number of rotatable bonds is 4. The Kier molecular flexibility index (Phi) is 5.00. The summed E-state index contributed by atoms with van der Waals surface area (Å²) in [7, 11) is 0. The van der Waals surface area contributed by atoms with Crippen LogP contribution < -0.4 is 4.90 Å². The second-order valence-corrected chi connectivity index (χ2v) is 9.07. The van der Waals surface area contributed by atoms with Crippen LogP contribution in [0.4, 0.5) is 5.13 Å². The van der Waals surface area contributed by atoms with Gasteiger partial charge in [-0.05, 0) is 36.8 Å². The van der Waals surface area contributed by atoms with Gasteiger partial charge in [0.25, 0.3) is 5.91 Å². The van der Waals surface area contributed by atoms with Crippen molar-refractivity contribution in [1.29, 1.82) is 0 Å².